The molecule has 106 valence electrons. The van der Waals surface area contributed by atoms with Crippen molar-refractivity contribution in [1.29, 1.82) is 0 Å². The molecule has 2 aromatic rings. The molecular formula is C15H17FN2S2. The van der Waals surface area contributed by atoms with Gasteiger partial charge < -0.3 is 5.73 Å². The fourth-order valence-electron chi connectivity index (χ4n) is 2.06. The van der Waals surface area contributed by atoms with Crippen molar-refractivity contribution in [1.82, 2.24) is 4.90 Å². The summed E-state index contributed by atoms with van der Waals surface area (Å²) in [5.41, 5.74) is 7.02. The molecule has 0 aliphatic carbocycles. The lowest BCUT2D eigenvalue weighted by Gasteiger charge is -2.24. The van der Waals surface area contributed by atoms with Gasteiger partial charge >= 0.3 is 0 Å². The molecule has 0 bridgehead atoms. The Bertz CT molecular complexity index is 596. The Morgan fingerprint density at radius 2 is 2.20 bits per heavy atom. The summed E-state index contributed by atoms with van der Waals surface area (Å²) in [6.45, 7) is 2.78. The van der Waals surface area contributed by atoms with Crippen LogP contribution in [-0.2, 0) is 6.54 Å². The minimum absolute atomic E-state index is 0.222. The first-order chi connectivity index (χ1) is 9.47. The van der Waals surface area contributed by atoms with Gasteiger partial charge in [0, 0.05) is 23.0 Å². The first-order valence-electron chi connectivity index (χ1n) is 6.30. The highest BCUT2D eigenvalue weighted by Gasteiger charge is 2.13. The van der Waals surface area contributed by atoms with Crippen LogP contribution in [0, 0.1) is 5.82 Å². The minimum Gasteiger partial charge on any atom is -0.389 e. The molecule has 0 aliphatic rings. The SMILES string of the molecule is CC(c1cccs1)N(C)Cc1cc(F)cc(C(N)=S)c1. The van der Waals surface area contributed by atoms with Gasteiger partial charge in [-0.15, -0.1) is 11.3 Å². The number of hydrogen-bond donors (Lipinski definition) is 1. The molecule has 20 heavy (non-hydrogen) atoms. The van der Waals surface area contributed by atoms with Crippen molar-refractivity contribution in [3.8, 4) is 0 Å². The normalized spacial score (nSPS) is 12.6. The van der Waals surface area contributed by atoms with Gasteiger partial charge in [-0.05, 0) is 49.2 Å². The summed E-state index contributed by atoms with van der Waals surface area (Å²) in [6, 6.07) is 9.18. The van der Waals surface area contributed by atoms with Crippen LogP contribution >= 0.6 is 23.6 Å². The van der Waals surface area contributed by atoms with Crippen molar-refractivity contribution in [2.45, 2.75) is 19.5 Å². The van der Waals surface area contributed by atoms with Gasteiger partial charge in [0.05, 0.1) is 0 Å². The Labute approximate surface area is 128 Å². The topological polar surface area (TPSA) is 29.3 Å². The van der Waals surface area contributed by atoms with Crippen molar-refractivity contribution >= 4 is 28.5 Å². The third-order valence-electron chi connectivity index (χ3n) is 3.29. The average Bonchev–Trinajstić information content (AvgIpc) is 2.90. The summed E-state index contributed by atoms with van der Waals surface area (Å²) in [7, 11) is 2.02. The first kappa shape index (κ1) is 15.1. The highest BCUT2D eigenvalue weighted by Crippen LogP contribution is 2.25. The van der Waals surface area contributed by atoms with E-state index in [0.29, 0.717) is 12.1 Å². The lowest BCUT2D eigenvalue weighted by atomic mass is 10.1. The van der Waals surface area contributed by atoms with E-state index in [1.807, 2.05) is 19.2 Å². The van der Waals surface area contributed by atoms with Crippen molar-refractivity contribution in [2.24, 2.45) is 5.73 Å². The lowest BCUT2D eigenvalue weighted by molar-refractivity contribution is 0.256. The molecule has 0 fully saturated rings. The van der Waals surface area contributed by atoms with E-state index in [0.717, 1.165) is 5.56 Å². The van der Waals surface area contributed by atoms with Gasteiger partial charge in [-0.25, -0.2) is 4.39 Å². The Hall–Kier alpha value is -1.30. The van der Waals surface area contributed by atoms with Crippen LogP contribution in [0.3, 0.4) is 0 Å². The summed E-state index contributed by atoms with van der Waals surface area (Å²) in [5, 5.41) is 2.06. The number of halogens is 1. The zero-order valence-corrected chi connectivity index (χ0v) is 13.1. The van der Waals surface area contributed by atoms with Gasteiger partial charge in [-0.1, -0.05) is 18.3 Å². The predicted molar refractivity (Wildman–Crippen MR) is 86.5 cm³/mol. The molecule has 2 rings (SSSR count). The Morgan fingerprint density at radius 3 is 2.80 bits per heavy atom. The fraction of sp³-hybridized carbons (Fsp3) is 0.267. The lowest BCUT2D eigenvalue weighted by Crippen LogP contribution is -2.21. The van der Waals surface area contributed by atoms with Crippen LogP contribution in [0.5, 0.6) is 0 Å². The molecule has 1 unspecified atom stereocenters. The molecule has 0 aliphatic heterocycles. The van der Waals surface area contributed by atoms with Crippen molar-refractivity contribution in [3.05, 3.63) is 57.5 Å². The standard InChI is InChI=1S/C15H17FN2S2/c1-10(14-4-3-5-20-14)18(2)9-11-6-12(15(17)19)8-13(16)7-11/h3-8,10H,9H2,1-2H3,(H2,17,19). The quantitative estimate of drug-likeness (QED) is 0.854. The number of thiocarbonyl (C=S) groups is 1. The van der Waals surface area contributed by atoms with Gasteiger partial charge in [0.2, 0.25) is 0 Å². The second-order valence-corrected chi connectivity index (χ2v) is 6.24. The number of hydrogen-bond acceptors (Lipinski definition) is 3. The average molecular weight is 308 g/mol. The van der Waals surface area contributed by atoms with E-state index in [1.54, 1.807) is 11.3 Å². The van der Waals surface area contributed by atoms with Crippen molar-refractivity contribution in [2.75, 3.05) is 7.05 Å². The summed E-state index contributed by atoms with van der Waals surface area (Å²) in [6.07, 6.45) is 0. The zero-order chi connectivity index (χ0) is 14.7. The smallest absolute Gasteiger partial charge is 0.124 e. The number of benzene rings is 1. The van der Waals surface area contributed by atoms with Crippen LogP contribution in [0.4, 0.5) is 4.39 Å². The van der Waals surface area contributed by atoms with E-state index in [2.05, 4.69) is 23.3 Å². The van der Waals surface area contributed by atoms with Crippen LogP contribution in [0.1, 0.15) is 29.0 Å². The molecule has 1 atom stereocenters. The maximum Gasteiger partial charge on any atom is 0.124 e. The molecule has 5 heteroatoms. The summed E-state index contributed by atoms with van der Waals surface area (Å²) in [4.78, 5) is 3.68. The second-order valence-electron chi connectivity index (χ2n) is 4.82. The molecule has 0 saturated carbocycles. The molecule has 0 radical (unpaired) electrons. The predicted octanol–water partition coefficient (Wildman–Crippen LogP) is 3.71. The zero-order valence-electron chi connectivity index (χ0n) is 11.5. The van der Waals surface area contributed by atoms with E-state index in [4.69, 9.17) is 18.0 Å². The van der Waals surface area contributed by atoms with Crippen LogP contribution in [0.15, 0.2) is 35.7 Å². The van der Waals surface area contributed by atoms with Crippen LogP contribution in [-0.4, -0.2) is 16.9 Å². The van der Waals surface area contributed by atoms with E-state index < -0.39 is 0 Å². The van der Waals surface area contributed by atoms with E-state index in [-0.39, 0.29) is 16.8 Å². The molecule has 0 amide bonds. The second kappa shape index (κ2) is 6.43. The van der Waals surface area contributed by atoms with Gasteiger partial charge in [0.25, 0.3) is 0 Å². The number of nitrogens with zero attached hydrogens (tertiary/aromatic N) is 1. The monoisotopic (exact) mass is 308 g/mol. The molecule has 0 spiro atoms. The summed E-state index contributed by atoms with van der Waals surface area (Å²) in [5.74, 6) is -0.303. The summed E-state index contributed by atoms with van der Waals surface area (Å²) < 4.78 is 13.6. The van der Waals surface area contributed by atoms with Crippen molar-refractivity contribution < 1.29 is 4.39 Å². The molecule has 2 nitrogen and oxygen atoms in total. The minimum atomic E-state index is -0.303. The van der Waals surface area contributed by atoms with E-state index in [1.165, 1.54) is 17.0 Å². The molecule has 2 N–H and O–H groups in total. The van der Waals surface area contributed by atoms with Crippen LogP contribution in [0.2, 0.25) is 0 Å². The number of nitrogens with two attached hydrogens (primary N) is 1. The number of thiophene rings is 1. The van der Waals surface area contributed by atoms with Crippen LogP contribution < -0.4 is 5.73 Å². The Kier molecular flexibility index (Phi) is 4.86. The first-order valence-corrected chi connectivity index (χ1v) is 7.59. The van der Waals surface area contributed by atoms with Gasteiger partial charge in [0.1, 0.15) is 10.8 Å². The van der Waals surface area contributed by atoms with Gasteiger partial charge in [-0.2, -0.15) is 0 Å². The molecule has 1 aromatic heterocycles. The van der Waals surface area contributed by atoms with Gasteiger partial charge in [0.15, 0.2) is 0 Å². The Morgan fingerprint density at radius 1 is 1.45 bits per heavy atom. The highest BCUT2D eigenvalue weighted by atomic mass is 32.1. The van der Waals surface area contributed by atoms with Crippen LogP contribution in [0.25, 0.3) is 0 Å². The maximum atomic E-state index is 13.6. The summed E-state index contributed by atoms with van der Waals surface area (Å²) >= 11 is 6.64. The van der Waals surface area contributed by atoms with E-state index in [9.17, 15) is 4.39 Å². The maximum absolute atomic E-state index is 13.6. The largest absolute Gasteiger partial charge is 0.389 e. The fourth-order valence-corrected chi connectivity index (χ4v) is 3.02. The third-order valence-corrected chi connectivity index (χ3v) is 4.57. The molecular weight excluding hydrogens is 291 g/mol. The molecule has 0 saturated heterocycles. The molecule has 1 heterocycles. The van der Waals surface area contributed by atoms with Crippen molar-refractivity contribution in [3.63, 3.8) is 0 Å². The Balaban J connectivity index is 2.15. The molecule has 1 aromatic carbocycles. The van der Waals surface area contributed by atoms with E-state index >= 15 is 0 Å². The van der Waals surface area contributed by atoms with Gasteiger partial charge in [-0.3, -0.25) is 4.90 Å². The third kappa shape index (κ3) is 3.62. The highest BCUT2D eigenvalue weighted by molar-refractivity contribution is 7.80. The number of rotatable bonds is 5.